The van der Waals surface area contributed by atoms with Crippen LogP contribution < -0.4 is 8.92 Å². The molecule has 2 aromatic carbocycles. The van der Waals surface area contributed by atoms with Gasteiger partial charge in [0.2, 0.25) is 0 Å². The first-order chi connectivity index (χ1) is 13.8. The molecule has 0 amide bonds. The third kappa shape index (κ3) is 7.75. The number of rotatable bonds is 12. The molecule has 0 aliphatic carbocycles. The largest absolute Gasteiger partial charge is 0.493 e. The zero-order valence-electron chi connectivity index (χ0n) is 16.5. The fourth-order valence-corrected chi connectivity index (χ4v) is 3.08. The van der Waals surface area contributed by atoms with E-state index >= 15 is 0 Å². The first-order valence-corrected chi connectivity index (χ1v) is 11.0. The maximum absolute atomic E-state index is 11.5. The van der Waals surface area contributed by atoms with Crippen molar-refractivity contribution in [1.82, 2.24) is 0 Å². The zero-order chi connectivity index (χ0) is 21.3. The molecule has 2 aromatic rings. The quantitative estimate of drug-likeness (QED) is 0.525. The molecule has 8 heteroatoms. The maximum atomic E-state index is 11.5. The van der Waals surface area contributed by atoms with Gasteiger partial charge in [0.25, 0.3) is 0 Å². The zero-order valence-corrected chi connectivity index (χ0v) is 17.4. The van der Waals surface area contributed by atoms with Gasteiger partial charge in [-0.1, -0.05) is 24.3 Å². The molecule has 0 aliphatic heterocycles. The summed E-state index contributed by atoms with van der Waals surface area (Å²) in [6.45, 7) is 4.08. The van der Waals surface area contributed by atoms with E-state index in [1.165, 1.54) is 6.92 Å². The average molecular weight is 422 g/mol. The lowest BCUT2D eigenvalue weighted by molar-refractivity contribution is -0.149. The van der Waals surface area contributed by atoms with E-state index in [-0.39, 0.29) is 5.75 Å². The molecule has 1 unspecified atom stereocenters. The van der Waals surface area contributed by atoms with Crippen LogP contribution in [-0.2, 0) is 32.5 Å². The summed E-state index contributed by atoms with van der Waals surface area (Å²) in [4.78, 5) is 11.2. The fourth-order valence-electron chi connectivity index (χ4n) is 2.56. The molecule has 0 aromatic heterocycles. The van der Waals surface area contributed by atoms with Gasteiger partial charge in [0.05, 0.1) is 12.4 Å². The number of carboxylic acid groups (broad SMARTS) is 1. The lowest BCUT2D eigenvalue weighted by Crippen LogP contribution is -2.26. The van der Waals surface area contributed by atoms with E-state index in [9.17, 15) is 13.2 Å². The molecule has 0 fully saturated rings. The number of hydrogen-bond donors (Lipinski definition) is 1. The highest BCUT2D eigenvalue weighted by atomic mass is 32.2. The second-order valence-corrected chi connectivity index (χ2v) is 8.16. The van der Waals surface area contributed by atoms with Crippen molar-refractivity contribution >= 4 is 16.1 Å². The molecule has 1 N–H and O–H groups in total. The fraction of sp³-hybridized carbons (Fsp3) is 0.381. The molecule has 0 aliphatic rings. The summed E-state index contributed by atoms with van der Waals surface area (Å²) in [6, 6.07) is 14.1. The van der Waals surface area contributed by atoms with E-state index in [4.69, 9.17) is 18.8 Å². The molecular formula is C21H26O7S. The van der Waals surface area contributed by atoms with Crippen LogP contribution in [0.15, 0.2) is 48.5 Å². The molecule has 0 saturated heterocycles. The monoisotopic (exact) mass is 422 g/mol. The Morgan fingerprint density at radius 2 is 1.55 bits per heavy atom. The van der Waals surface area contributed by atoms with Gasteiger partial charge in [0.1, 0.15) is 11.5 Å². The van der Waals surface area contributed by atoms with E-state index in [1.54, 1.807) is 43.3 Å². The van der Waals surface area contributed by atoms with Gasteiger partial charge in [-0.2, -0.15) is 8.42 Å². The van der Waals surface area contributed by atoms with Gasteiger partial charge in [0.15, 0.2) is 6.10 Å². The van der Waals surface area contributed by atoms with Gasteiger partial charge in [-0.15, -0.1) is 0 Å². The predicted molar refractivity (Wildman–Crippen MR) is 109 cm³/mol. The minimum Gasteiger partial charge on any atom is -0.493 e. The Labute approximate surface area is 171 Å². The van der Waals surface area contributed by atoms with Gasteiger partial charge in [-0.25, -0.2) is 4.79 Å². The number of carbonyl (C=O) groups is 1. The van der Waals surface area contributed by atoms with Crippen LogP contribution in [0.2, 0.25) is 0 Å². The minimum absolute atomic E-state index is 0.0794. The third-order valence-electron chi connectivity index (χ3n) is 4.15. The standard InChI is InChI=1S/C21H26O7S/c1-3-26-20(21(22)23)15-17-7-9-18(10-8-17)27-14-13-16-5-11-19(12-6-16)28-29(24,25)4-2/h5-12,20H,3-4,13-15H2,1-2H3,(H,22,23). The van der Waals surface area contributed by atoms with Crippen molar-refractivity contribution in [2.45, 2.75) is 32.8 Å². The number of carboxylic acids is 1. The van der Waals surface area contributed by atoms with Crippen LogP contribution in [-0.4, -0.2) is 44.6 Å². The summed E-state index contributed by atoms with van der Waals surface area (Å²) < 4.78 is 38.8. The summed E-state index contributed by atoms with van der Waals surface area (Å²) in [5.41, 5.74) is 1.85. The Morgan fingerprint density at radius 3 is 2.10 bits per heavy atom. The van der Waals surface area contributed by atoms with Gasteiger partial charge >= 0.3 is 16.1 Å². The van der Waals surface area contributed by atoms with Crippen LogP contribution in [0.3, 0.4) is 0 Å². The normalized spacial score (nSPS) is 12.3. The summed E-state index contributed by atoms with van der Waals surface area (Å²) in [5.74, 6) is -0.0787. The van der Waals surface area contributed by atoms with Crippen molar-refractivity contribution < 1.29 is 32.0 Å². The Bertz CT molecular complexity index is 874. The van der Waals surface area contributed by atoms with Crippen molar-refractivity contribution in [1.29, 1.82) is 0 Å². The Morgan fingerprint density at radius 1 is 0.966 bits per heavy atom. The highest BCUT2D eigenvalue weighted by Crippen LogP contribution is 2.17. The maximum Gasteiger partial charge on any atom is 0.333 e. The Kier molecular flexibility index (Phi) is 8.48. The lowest BCUT2D eigenvalue weighted by atomic mass is 10.1. The number of ether oxygens (including phenoxy) is 2. The number of aliphatic carboxylic acids is 1. The van der Waals surface area contributed by atoms with Crippen LogP contribution in [0.4, 0.5) is 0 Å². The molecular weight excluding hydrogens is 396 g/mol. The van der Waals surface area contributed by atoms with Crippen LogP contribution in [0, 0.1) is 0 Å². The summed E-state index contributed by atoms with van der Waals surface area (Å²) in [6.07, 6.45) is 0.0885. The molecule has 7 nitrogen and oxygen atoms in total. The molecule has 2 rings (SSSR count). The topological polar surface area (TPSA) is 99.1 Å². The van der Waals surface area contributed by atoms with Crippen molar-refractivity contribution in [3.05, 3.63) is 59.7 Å². The van der Waals surface area contributed by atoms with Crippen molar-refractivity contribution in [3.63, 3.8) is 0 Å². The van der Waals surface area contributed by atoms with Gasteiger partial charge in [-0.05, 0) is 49.2 Å². The van der Waals surface area contributed by atoms with E-state index in [1.807, 2.05) is 12.1 Å². The predicted octanol–water partition coefficient (Wildman–Crippen LogP) is 3.07. The van der Waals surface area contributed by atoms with Crippen LogP contribution in [0.25, 0.3) is 0 Å². The Balaban J connectivity index is 1.82. The van der Waals surface area contributed by atoms with Gasteiger partial charge in [-0.3, -0.25) is 0 Å². The first kappa shape index (κ1) is 22.7. The first-order valence-electron chi connectivity index (χ1n) is 9.40. The summed E-state index contributed by atoms with van der Waals surface area (Å²) >= 11 is 0. The molecule has 0 saturated carbocycles. The smallest absolute Gasteiger partial charge is 0.333 e. The summed E-state index contributed by atoms with van der Waals surface area (Å²) in [7, 11) is -3.52. The second-order valence-electron chi connectivity index (χ2n) is 6.30. The molecule has 158 valence electrons. The Hall–Kier alpha value is -2.58. The van der Waals surface area contributed by atoms with Crippen molar-refractivity contribution in [2.24, 2.45) is 0 Å². The van der Waals surface area contributed by atoms with Gasteiger partial charge < -0.3 is 18.8 Å². The average Bonchev–Trinajstić information content (AvgIpc) is 2.70. The van der Waals surface area contributed by atoms with Crippen LogP contribution in [0.5, 0.6) is 11.5 Å². The highest BCUT2D eigenvalue weighted by molar-refractivity contribution is 7.87. The SMILES string of the molecule is CCOC(Cc1ccc(OCCc2ccc(OS(=O)(=O)CC)cc2)cc1)C(=O)O. The van der Waals surface area contributed by atoms with Crippen molar-refractivity contribution in [2.75, 3.05) is 19.0 Å². The molecule has 1 atom stereocenters. The molecule has 0 heterocycles. The van der Waals surface area contributed by atoms with E-state index in [2.05, 4.69) is 0 Å². The number of hydrogen-bond acceptors (Lipinski definition) is 6. The molecule has 29 heavy (non-hydrogen) atoms. The van der Waals surface area contributed by atoms with Crippen LogP contribution >= 0.6 is 0 Å². The van der Waals surface area contributed by atoms with Gasteiger partial charge in [0, 0.05) is 19.4 Å². The molecule has 0 radical (unpaired) electrons. The van der Waals surface area contributed by atoms with E-state index < -0.39 is 22.2 Å². The summed E-state index contributed by atoms with van der Waals surface area (Å²) in [5, 5.41) is 9.14. The lowest BCUT2D eigenvalue weighted by Gasteiger charge is -2.13. The van der Waals surface area contributed by atoms with Crippen molar-refractivity contribution in [3.8, 4) is 11.5 Å². The minimum atomic E-state index is -3.52. The number of benzene rings is 2. The molecule has 0 bridgehead atoms. The van der Waals surface area contributed by atoms with E-state index in [0.29, 0.717) is 37.6 Å². The van der Waals surface area contributed by atoms with E-state index in [0.717, 1.165) is 11.1 Å². The second kappa shape index (κ2) is 10.8. The molecule has 0 spiro atoms. The third-order valence-corrected chi connectivity index (χ3v) is 5.30. The van der Waals surface area contributed by atoms with Crippen LogP contribution in [0.1, 0.15) is 25.0 Å². The highest BCUT2D eigenvalue weighted by Gasteiger charge is 2.17.